The van der Waals surface area contributed by atoms with Gasteiger partial charge in [0.25, 0.3) is 0 Å². The van der Waals surface area contributed by atoms with Crippen molar-refractivity contribution in [2.45, 2.75) is 13.8 Å². The molecule has 13 heavy (non-hydrogen) atoms. The van der Waals surface area contributed by atoms with Crippen LogP contribution in [0, 0.1) is 5.92 Å². The van der Waals surface area contributed by atoms with E-state index < -0.39 is 0 Å². The van der Waals surface area contributed by atoms with E-state index in [1.54, 1.807) is 0 Å². The van der Waals surface area contributed by atoms with Gasteiger partial charge >= 0.3 is 0 Å². The number of aliphatic imine (C=N–C) groups is 1. The molecule has 0 saturated carbocycles. The summed E-state index contributed by atoms with van der Waals surface area (Å²) >= 11 is 6.00. The second-order valence-corrected chi connectivity index (χ2v) is 3.75. The van der Waals surface area contributed by atoms with E-state index in [9.17, 15) is 0 Å². The maximum absolute atomic E-state index is 6.00. The summed E-state index contributed by atoms with van der Waals surface area (Å²) in [7, 11) is 0. The highest BCUT2D eigenvalue weighted by Crippen LogP contribution is 2.05. The number of halogens is 1. The molecule has 0 amide bonds. The quantitative estimate of drug-likeness (QED) is 0.657. The lowest BCUT2D eigenvalue weighted by Crippen LogP contribution is -1.97. The van der Waals surface area contributed by atoms with Crippen LogP contribution in [0.3, 0.4) is 0 Å². The zero-order valence-corrected chi connectivity index (χ0v) is 8.75. The first-order valence-corrected chi connectivity index (χ1v) is 4.83. The summed E-state index contributed by atoms with van der Waals surface area (Å²) in [6.07, 6.45) is 0. The Morgan fingerprint density at radius 2 is 1.92 bits per heavy atom. The number of nitrogens with zero attached hydrogens (tertiary/aromatic N) is 1. The zero-order chi connectivity index (χ0) is 9.68. The first kappa shape index (κ1) is 10.3. The van der Waals surface area contributed by atoms with Crippen molar-refractivity contribution in [2.75, 3.05) is 6.54 Å². The van der Waals surface area contributed by atoms with Crippen LogP contribution in [0.1, 0.15) is 19.4 Å². The van der Waals surface area contributed by atoms with Crippen LogP contribution in [0.2, 0.25) is 0 Å². The minimum absolute atomic E-state index is 0.553. The number of hydrogen-bond acceptors (Lipinski definition) is 1. The summed E-state index contributed by atoms with van der Waals surface area (Å²) in [6.45, 7) is 5.03. The summed E-state index contributed by atoms with van der Waals surface area (Å²) < 4.78 is 0. The molecule has 70 valence electrons. The first-order valence-electron chi connectivity index (χ1n) is 4.45. The molecule has 2 heteroatoms. The van der Waals surface area contributed by atoms with Crippen LogP contribution in [0.4, 0.5) is 0 Å². The molecule has 0 aliphatic heterocycles. The van der Waals surface area contributed by atoms with Gasteiger partial charge in [0, 0.05) is 12.1 Å². The van der Waals surface area contributed by atoms with E-state index in [-0.39, 0.29) is 0 Å². The summed E-state index contributed by atoms with van der Waals surface area (Å²) in [6, 6.07) is 9.82. The van der Waals surface area contributed by atoms with Crippen LogP contribution in [-0.4, -0.2) is 11.7 Å². The molecule has 0 bridgehead atoms. The standard InChI is InChI=1S/C11H14ClN/c1-9(2)8-13-11(12)10-6-4-3-5-7-10/h3-7,9H,8H2,1-2H3. The Kier molecular flexibility index (Phi) is 3.97. The van der Waals surface area contributed by atoms with Gasteiger partial charge in [0.15, 0.2) is 0 Å². The van der Waals surface area contributed by atoms with Crippen molar-refractivity contribution < 1.29 is 0 Å². The number of benzene rings is 1. The lowest BCUT2D eigenvalue weighted by atomic mass is 10.2. The smallest absolute Gasteiger partial charge is 0.130 e. The van der Waals surface area contributed by atoms with Gasteiger partial charge in [-0.05, 0) is 5.92 Å². The molecule has 1 aromatic carbocycles. The third-order valence-corrected chi connectivity index (χ3v) is 1.94. The Balaban J connectivity index is 2.68. The molecule has 1 rings (SSSR count). The van der Waals surface area contributed by atoms with E-state index in [2.05, 4.69) is 18.8 Å². The summed E-state index contributed by atoms with van der Waals surface area (Å²) in [4.78, 5) is 4.28. The van der Waals surface area contributed by atoms with Gasteiger partial charge < -0.3 is 0 Å². The van der Waals surface area contributed by atoms with Gasteiger partial charge in [-0.15, -0.1) is 0 Å². The molecular formula is C11H14ClN. The van der Waals surface area contributed by atoms with Crippen LogP contribution >= 0.6 is 11.6 Å². The second kappa shape index (κ2) is 5.03. The van der Waals surface area contributed by atoms with Crippen LogP contribution in [0.25, 0.3) is 0 Å². The Morgan fingerprint density at radius 3 is 2.46 bits per heavy atom. The molecule has 0 saturated heterocycles. The van der Waals surface area contributed by atoms with Gasteiger partial charge in [-0.1, -0.05) is 55.8 Å². The zero-order valence-electron chi connectivity index (χ0n) is 8.00. The predicted molar refractivity (Wildman–Crippen MR) is 58.5 cm³/mol. The van der Waals surface area contributed by atoms with Gasteiger partial charge in [-0.25, -0.2) is 0 Å². The second-order valence-electron chi connectivity index (χ2n) is 3.39. The largest absolute Gasteiger partial charge is 0.272 e. The van der Waals surface area contributed by atoms with Gasteiger partial charge in [0.05, 0.1) is 0 Å². The Bertz CT molecular complexity index is 277. The highest BCUT2D eigenvalue weighted by Gasteiger charge is 1.98. The number of rotatable bonds is 3. The fourth-order valence-corrected chi connectivity index (χ4v) is 1.12. The molecule has 0 heterocycles. The van der Waals surface area contributed by atoms with Gasteiger partial charge in [0.1, 0.15) is 5.17 Å². The minimum Gasteiger partial charge on any atom is -0.272 e. The molecule has 0 aliphatic rings. The molecule has 0 spiro atoms. The van der Waals surface area contributed by atoms with Gasteiger partial charge in [-0.2, -0.15) is 0 Å². The van der Waals surface area contributed by atoms with Crippen molar-refractivity contribution in [3.63, 3.8) is 0 Å². The Morgan fingerprint density at radius 1 is 1.31 bits per heavy atom. The van der Waals surface area contributed by atoms with Crippen molar-refractivity contribution in [3.05, 3.63) is 35.9 Å². The molecular weight excluding hydrogens is 182 g/mol. The average Bonchev–Trinajstić information content (AvgIpc) is 2.15. The lowest BCUT2D eigenvalue weighted by molar-refractivity contribution is 0.667. The SMILES string of the molecule is CC(C)CN=C(Cl)c1ccccc1. The highest BCUT2D eigenvalue weighted by atomic mass is 35.5. The monoisotopic (exact) mass is 195 g/mol. The van der Waals surface area contributed by atoms with E-state index in [4.69, 9.17) is 11.6 Å². The fourth-order valence-electron chi connectivity index (χ4n) is 0.930. The van der Waals surface area contributed by atoms with E-state index in [1.807, 2.05) is 30.3 Å². The Hall–Kier alpha value is -0.820. The summed E-state index contributed by atoms with van der Waals surface area (Å²) in [5.41, 5.74) is 0.991. The normalized spacial score (nSPS) is 12.2. The molecule has 0 unspecified atom stereocenters. The maximum Gasteiger partial charge on any atom is 0.130 e. The van der Waals surface area contributed by atoms with Crippen molar-refractivity contribution in [1.82, 2.24) is 0 Å². The predicted octanol–water partition coefficient (Wildman–Crippen LogP) is 3.33. The van der Waals surface area contributed by atoms with Gasteiger partial charge in [-0.3, -0.25) is 4.99 Å². The molecule has 0 fully saturated rings. The fraction of sp³-hybridized carbons (Fsp3) is 0.364. The number of hydrogen-bond donors (Lipinski definition) is 0. The molecule has 0 N–H and O–H groups in total. The van der Waals surface area contributed by atoms with Crippen molar-refractivity contribution >= 4 is 16.8 Å². The lowest BCUT2D eigenvalue weighted by Gasteiger charge is -2.00. The molecule has 0 aromatic heterocycles. The average molecular weight is 196 g/mol. The van der Waals surface area contributed by atoms with Crippen molar-refractivity contribution in [2.24, 2.45) is 10.9 Å². The summed E-state index contributed by atoms with van der Waals surface area (Å²) in [5, 5.41) is 0.606. The van der Waals surface area contributed by atoms with Crippen molar-refractivity contribution in [1.29, 1.82) is 0 Å². The minimum atomic E-state index is 0.553. The van der Waals surface area contributed by atoms with E-state index in [1.165, 1.54) is 0 Å². The van der Waals surface area contributed by atoms with Crippen molar-refractivity contribution in [3.8, 4) is 0 Å². The Labute approximate surface area is 84.5 Å². The third kappa shape index (κ3) is 3.60. The summed E-state index contributed by atoms with van der Waals surface area (Å²) in [5.74, 6) is 0.553. The highest BCUT2D eigenvalue weighted by molar-refractivity contribution is 6.69. The van der Waals surface area contributed by atoms with E-state index >= 15 is 0 Å². The molecule has 1 aromatic rings. The van der Waals surface area contributed by atoms with Crippen LogP contribution in [0.5, 0.6) is 0 Å². The first-order chi connectivity index (χ1) is 6.20. The van der Waals surface area contributed by atoms with Crippen LogP contribution in [0.15, 0.2) is 35.3 Å². The van der Waals surface area contributed by atoms with Crippen LogP contribution < -0.4 is 0 Å². The third-order valence-electron chi connectivity index (χ3n) is 1.61. The van der Waals surface area contributed by atoms with E-state index in [0.29, 0.717) is 11.1 Å². The molecule has 0 aliphatic carbocycles. The maximum atomic E-state index is 6.00. The topological polar surface area (TPSA) is 12.4 Å². The molecule has 1 nitrogen and oxygen atoms in total. The van der Waals surface area contributed by atoms with Crippen LogP contribution in [-0.2, 0) is 0 Å². The van der Waals surface area contributed by atoms with Gasteiger partial charge in [0.2, 0.25) is 0 Å². The molecule has 0 atom stereocenters. The van der Waals surface area contributed by atoms with E-state index in [0.717, 1.165) is 12.1 Å². The molecule has 0 radical (unpaired) electrons.